The van der Waals surface area contributed by atoms with Crippen molar-refractivity contribution >= 4 is 39.0 Å². The number of benzene rings is 1. The van der Waals surface area contributed by atoms with Gasteiger partial charge in [0.1, 0.15) is 0 Å². The summed E-state index contributed by atoms with van der Waals surface area (Å²) in [6, 6.07) is 12.8. The Hall–Kier alpha value is -0.290. The molecule has 0 aliphatic rings. The van der Waals surface area contributed by atoms with E-state index in [1.165, 1.54) is 9.77 Å². The number of halogens is 1. The minimum absolute atomic E-state index is 0.214. The third-order valence-corrected chi connectivity index (χ3v) is 5.21. The number of nitrogens with two attached hydrogens (primary N) is 1. The van der Waals surface area contributed by atoms with Crippen LogP contribution in [0.3, 0.4) is 0 Å². The second-order valence-electron chi connectivity index (χ2n) is 3.82. The predicted molar refractivity (Wildman–Crippen MR) is 80.9 cm³/mol. The summed E-state index contributed by atoms with van der Waals surface area (Å²) in [6.45, 7) is 0. The van der Waals surface area contributed by atoms with Crippen molar-refractivity contribution in [3.8, 4) is 0 Å². The van der Waals surface area contributed by atoms with Crippen LogP contribution in [-0.2, 0) is 6.42 Å². The first kappa shape index (κ1) is 13.1. The monoisotopic (exact) mass is 327 g/mol. The highest BCUT2D eigenvalue weighted by Crippen LogP contribution is 2.23. The maximum Gasteiger partial charge on any atom is 0.0285 e. The maximum absolute atomic E-state index is 6.13. The highest BCUT2D eigenvalue weighted by Gasteiger charge is 2.06. The predicted octanol–water partition coefficient (Wildman–Crippen LogP) is 4.17. The molecule has 1 aromatic heterocycles. The second-order valence-corrected chi connectivity index (χ2v) is 6.82. The largest absolute Gasteiger partial charge is 0.327 e. The van der Waals surface area contributed by atoms with Gasteiger partial charge in [-0.2, -0.15) is 0 Å². The van der Waals surface area contributed by atoms with E-state index < -0.39 is 0 Å². The van der Waals surface area contributed by atoms with Gasteiger partial charge in [-0.1, -0.05) is 18.2 Å². The molecular weight excluding hydrogens is 314 g/mol. The lowest BCUT2D eigenvalue weighted by Crippen LogP contribution is -2.25. The molecular formula is C13H14BrNS2. The Kier molecular flexibility index (Phi) is 5.10. The van der Waals surface area contributed by atoms with Gasteiger partial charge in [0.15, 0.2) is 0 Å². The summed E-state index contributed by atoms with van der Waals surface area (Å²) >= 11 is 7.05. The van der Waals surface area contributed by atoms with Gasteiger partial charge in [0.25, 0.3) is 0 Å². The Balaban J connectivity index is 1.80. The Labute approximate surface area is 119 Å². The van der Waals surface area contributed by atoms with Crippen molar-refractivity contribution in [2.24, 2.45) is 5.73 Å². The van der Waals surface area contributed by atoms with Crippen LogP contribution in [-0.4, -0.2) is 11.8 Å². The van der Waals surface area contributed by atoms with E-state index in [9.17, 15) is 0 Å². The van der Waals surface area contributed by atoms with E-state index >= 15 is 0 Å². The van der Waals surface area contributed by atoms with Gasteiger partial charge in [-0.25, -0.2) is 0 Å². The molecule has 0 saturated carbocycles. The molecule has 1 unspecified atom stereocenters. The lowest BCUT2D eigenvalue weighted by atomic mass is 10.2. The molecule has 0 radical (unpaired) electrons. The van der Waals surface area contributed by atoms with E-state index in [1.54, 1.807) is 11.3 Å². The van der Waals surface area contributed by atoms with Crippen LogP contribution >= 0.6 is 39.0 Å². The van der Waals surface area contributed by atoms with Gasteiger partial charge in [-0.15, -0.1) is 23.1 Å². The zero-order valence-corrected chi connectivity index (χ0v) is 12.5. The molecule has 1 nitrogen and oxygen atoms in total. The van der Waals surface area contributed by atoms with E-state index in [4.69, 9.17) is 5.73 Å². The van der Waals surface area contributed by atoms with E-state index in [0.29, 0.717) is 0 Å². The number of hydrogen-bond donors (Lipinski definition) is 1. The molecule has 1 aromatic carbocycles. The smallest absolute Gasteiger partial charge is 0.0285 e. The zero-order valence-electron chi connectivity index (χ0n) is 9.30. The van der Waals surface area contributed by atoms with Gasteiger partial charge in [-0.3, -0.25) is 0 Å². The van der Waals surface area contributed by atoms with Crippen molar-refractivity contribution in [3.63, 3.8) is 0 Å². The lowest BCUT2D eigenvalue weighted by Gasteiger charge is -2.09. The summed E-state index contributed by atoms with van der Waals surface area (Å²) in [6.07, 6.45) is 0.954. The molecule has 0 aliphatic carbocycles. The third kappa shape index (κ3) is 4.47. The Morgan fingerprint density at radius 3 is 2.71 bits per heavy atom. The summed E-state index contributed by atoms with van der Waals surface area (Å²) in [5, 5.41) is 2.10. The van der Waals surface area contributed by atoms with E-state index in [1.807, 2.05) is 17.8 Å². The number of thiophene rings is 1. The summed E-state index contributed by atoms with van der Waals surface area (Å²) in [4.78, 5) is 2.63. The molecule has 2 aromatic rings. The van der Waals surface area contributed by atoms with E-state index in [-0.39, 0.29) is 6.04 Å². The Bertz CT molecular complexity index is 455. The lowest BCUT2D eigenvalue weighted by molar-refractivity contribution is 0.757. The highest BCUT2D eigenvalue weighted by atomic mass is 79.9. The number of rotatable bonds is 5. The fraction of sp³-hybridized carbons (Fsp3) is 0.231. The average molecular weight is 328 g/mol. The van der Waals surface area contributed by atoms with Crippen LogP contribution in [0, 0.1) is 0 Å². The first-order valence-electron chi connectivity index (χ1n) is 5.40. The molecule has 2 N–H and O–H groups in total. The van der Waals surface area contributed by atoms with Crippen molar-refractivity contribution < 1.29 is 0 Å². The molecule has 90 valence electrons. The molecule has 17 heavy (non-hydrogen) atoms. The molecule has 0 bridgehead atoms. The summed E-state index contributed by atoms with van der Waals surface area (Å²) < 4.78 is 1.15. The molecule has 0 spiro atoms. The average Bonchev–Trinajstić information content (AvgIpc) is 2.73. The van der Waals surface area contributed by atoms with Gasteiger partial charge < -0.3 is 5.73 Å². The van der Waals surface area contributed by atoms with Crippen LogP contribution in [0.5, 0.6) is 0 Å². The fourth-order valence-corrected chi connectivity index (χ4v) is 3.92. The van der Waals surface area contributed by atoms with Gasteiger partial charge in [0.05, 0.1) is 0 Å². The number of thioether (sulfide) groups is 1. The molecule has 0 fully saturated rings. The second kappa shape index (κ2) is 6.59. The minimum atomic E-state index is 0.214. The van der Waals surface area contributed by atoms with Crippen LogP contribution in [0.15, 0.2) is 51.1 Å². The SMILES string of the molecule is NC(CSc1ccccc1)Cc1cc(Br)cs1. The normalized spacial score (nSPS) is 12.6. The Morgan fingerprint density at radius 1 is 1.29 bits per heavy atom. The highest BCUT2D eigenvalue weighted by molar-refractivity contribution is 9.10. The third-order valence-electron chi connectivity index (χ3n) is 2.29. The minimum Gasteiger partial charge on any atom is -0.327 e. The topological polar surface area (TPSA) is 26.0 Å². The van der Waals surface area contributed by atoms with Crippen molar-refractivity contribution in [2.45, 2.75) is 17.4 Å². The summed E-state index contributed by atoms with van der Waals surface area (Å²) in [5.74, 6) is 0.958. The molecule has 4 heteroatoms. The maximum atomic E-state index is 6.13. The molecule has 2 rings (SSSR count). The molecule has 0 aliphatic heterocycles. The van der Waals surface area contributed by atoms with Gasteiger partial charge >= 0.3 is 0 Å². The number of hydrogen-bond acceptors (Lipinski definition) is 3. The Morgan fingerprint density at radius 2 is 2.06 bits per heavy atom. The zero-order chi connectivity index (χ0) is 12.1. The van der Waals surface area contributed by atoms with Crippen molar-refractivity contribution in [1.82, 2.24) is 0 Å². The van der Waals surface area contributed by atoms with E-state index in [0.717, 1.165) is 16.6 Å². The van der Waals surface area contributed by atoms with Crippen molar-refractivity contribution in [2.75, 3.05) is 5.75 Å². The molecule has 0 amide bonds. The first-order chi connectivity index (χ1) is 8.24. The quantitative estimate of drug-likeness (QED) is 0.834. The summed E-state index contributed by atoms with van der Waals surface area (Å²) in [7, 11) is 0. The standard InChI is InChI=1S/C13H14BrNS2/c14-10-6-13(16-8-10)7-11(15)9-17-12-4-2-1-3-5-12/h1-6,8,11H,7,9,15H2. The van der Waals surface area contributed by atoms with Crippen LogP contribution < -0.4 is 5.73 Å². The van der Waals surface area contributed by atoms with Crippen LogP contribution in [0.4, 0.5) is 0 Å². The van der Waals surface area contributed by atoms with Crippen LogP contribution in [0.1, 0.15) is 4.88 Å². The molecule has 1 atom stereocenters. The molecule has 1 heterocycles. The van der Waals surface area contributed by atoms with Gasteiger partial charge in [0.2, 0.25) is 0 Å². The van der Waals surface area contributed by atoms with E-state index in [2.05, 4.69) is 51.6 Å². The van der Waals surface area contributed by atoms with Crippen LogP contribution in [0.2, 0.25) is 0 Å². The van der Waals surface area contributed by atoms with Gasteiger partial charge in [-0.05, 0) is 40.5 Å². The van der Waals surface area contributed by atoms with Crippen molar-refractivity contribution in [3.05, 3.63) is 51.1 Å². The van der Waals surface area contributed by atoms with Crippen molar-refractivity contribution in [1.29, 1.82) is 0 Å². The molecule has 0 saturated heterocycles. The first-order valence-corrected chi connectivity index (χ1v) is 8.06. The summed E-state index contributed by atoms with van der Waals surface area (Å²) in [5.41, 5.74) is 6.13. The fourth-order valence-electron chi connectivity index (χ4n) is 1.50. The van der Waals surface area contributed by atoms with Crippen LogP contribution in [0.25, 0.3) is 0 Å². The van der Waals surface area contributed by atoms with Gasteiger partial charge in [0, 0.05) is 31.4 Å².